The zero-order valence-corrected chi connectivity index (χ0v) is 11.4. The van der Waals surface area contributed by atoms with Gasteiger partial charge in [0.1, 0.15) is 5.75 Å². The molecule has 104 valence electrons. The number of hydrogen-bond acceptors (Lipinski definition) is 3. The fraction of sp³-hybridized carbons (Fsp3) is 0.312. The van der Waals surface area contributed by atoms with Crippen LogP contribution >= 0.6 is 0 Å². The van der Waals surface area contributed by atoms with Gasteiger partial charge in [-0.3, -0.25) is 4.79 Å². The fourth-order valence-electron chi connectivity index (χ4n) is 2.19. The molecule has 1 fully saturated rings. The largest absolute Gasteiger partial charge is 0.480 e. The normalized spacial score (nSPS) is 15.8. The number of carbonyl (C=O) groups is 1. The number of anilines is 1. The van der Waals surface area contributed by atoms with Crippen LogP contribution in [0.1, 0.15) is 19.8 Å². The van der Waals surface area contributed by atoms with E-state index in [1.54, 1.807) is 6.92 Å². The number of fused-ring (bicyclic) bond motifs is 1. The van der Waals surface area contributed by atoms with Crippen LogP contribution in [-0.2, 0) is 4.79 Å². The van der Waals surface area contributed by atoms with Crippen LogP contribution in [-0.4, -0.2) is 18.1 Å². The Morgan fingerprint density at radius 1 is 1.25 bits per heavy atom. The number of rotatable bonds is 4. The molecule has 0 radical (unpaired) electrons. The first-order chi connectivity index (χ1) is 9.65. The third-order valence-electron chi connectivity index (χ3n) is 3.51. The average molecular weight is 270 g/mol. The number of nitrogens with two attached hydrogens (primary N) is 1. The van der Waals surface area contributed by atoms with Gasteiger partial charge >= 0.3 is 0 Å². The van der Waals surface area contributed by atoms with Gasteiger partial charge < -0.3 is 15.8 Å². The predicted octanol–water partition coefficient (Wildman–Crippen LogP) is 2.47. The molecule has 3 N–H and O–H groups in total. The molecule has 20 heavy (non-hydrogen) atoms. The summed E-state index contributed by atoms with van der Waals surface area (Å²) in [4.78, 5) is 11.9. The summed E-state index contributed by atoms with van der Waals surface area (Å²) < 4.78 is 5.81. The molecule has 1 saturated carbocycles. The quantitative estimate of drug-likeness (QED) is 0.839. The Labute approximate surface area is 117 Å². The summed E-state index contributed by atoms with van der Waals surface area (Å²) in [5, 5.41) is 4.82. The highest BCUT2D eigenvalue weighted by Gasteiger charge is 2.26. The van der Waals surface area contributed by atoms with Crippen LogP contribution in [0.2, 0.25) is 0 Å². The topological polar surface area (TPSA) is 64.3 Å². The minimum atomic E-state index is -0.511. The van der Waals surface area contributed by atoms with Gasteiger partial charge in [-0.1, -0.05) is 24.3 Å². The molecule has 3 rings (SSSR count). The van der Waals surface area contributed by atoms with Crippen LogP contribution in [0, 0.1) is 0 Å². The monoisotopic (exact) mass is 270 g/mol. The lowest BCUT2D eigenvalue weighted by Crippen LogP contribution is -2.37. The molecule has 2 aromatic carbocycles. The van der Waals surface area contributed by atoms with Gasteiger partial charge in [-0.15, -0.1) is 0 Å². The van der Waals surface area contributed by atoms with Gasteiger partial charge in [0.2, 0.25) is 0 Å². The number of nitrogen functional groups attached to an aromatic ring is 1. The molecule has 0 heterocycles. The fourth-order valence-corrected chi connectivity index (χ4v) is 2.19. The molecule has 4 heteroatoms. The molecule has 1 aliphatic rings. The Balaban J connectivity index is 1.83. The zero-order chi connectivity index (χ0) is 14.1. The highest BCUT2D eigenvalue weighted by molar-refractivity contribution is 5.97. The summed E-state index contributed by atoms with van der Waals surface area (Å²) in [5.41, 5.74) is 6.67. The predicted molar refractivity (Wildman–Crippen MR) is 79.6 cm³/mol. The maximum Gasteiger partial charge on any atom is 0.260 e. The Bertz CT molecular complexity index is 650. The van der Waals surface area contributed by atoms with E-state index in [9.17, 15) is 4.79 Å². The second-order valence-corrected chi connectivity index (χ2v) is 5.24. The van der Waals surface area contributed by atoms with E-state index in [2.05, 4.69) is 5.32 Å². The van der Waals surface area contributed by atoms with E-state index in [4.69, 9.17) is 10.5 Å². The number of hydrogen-bond donors (Lipinski definition) is 2. The van der Waals surface area contributed by atoms with Crippen molar-refractivity contribution >= 4 is 22.4 Å². The molecule has 0 spiro atoms. The number of amides is 1. The van der Waals surface area contributed by atoms with Crippen molar-refractivity contribution in [2.45, 2.75) is 31.9 Å². The molecule has 1 amide bonds. The van der Waals surface area contributed by atoms with Crippen LogP contribution in [0.4, 0.5) is 5.69 Å². The Hall–Kier alpha value is -2.23. The van der Waals surface area contributed by atoms with E-state index in [0.29, 0.717) is 17.5 Å². The molecule has 0 aromatic heterocycles. The molecule has 0 bridgehead atoms. The van der Waals surface area contributed by atoms with Gasteiger partial charge in [0.15, 0.2) is 6.10 Å². The molecule has 0 aliphatic heterocycles. The van der Waals surface area contributed by atoms with Crippen molar-refractivity contribution < 1.29 is 9.53 Å². The van der Waals surface area contributed by atoms with Gasteiger partial charge in [0.05, 0.1) is 0 Å². The zero-order valence-electron chi connectivity index (χ0n) is 11.4. The SMILES string of the molecule is CC(Oc1ccc(N)c2ccccc12)C(=O)NC1CC1. The molecule has 1 atom stereocenters. The first-order valence-corrected chi connectivity index (χ1v) is 6.89. The van der Waals surface area contributed by atoms with Gasteiger partial charge in [0.25, 0.3) is 5.91 Å². The Morgan fingerprint density at radius 2 is 1.95 bits per heavy atom. The number of ether oxygens (including phenoxy) is 1. The van der Waals surface area contributed by atoms with Crippen LogP contribution < -0.4 is 15.8 Å². The van der Waals surface area contributed by atoms with E-state index < -0.39 is 6.10 Å². The van der Waals surface area contributed by atoms with Gasteiger partial charge in [-0.2, -0.15) is 0 Å². The Morgan fingerprint density at radius 3 is 2.65 bits per heavy atom. The summed E-state index contributed by atoms with van der Waals surface area (Å²) in [6, 6.07) is 11.7. The smallest absolute Gasteiger partial charge is 0.260 e. The molecule has 2 aromatic rings. The maximum absolute atomic E-state index is 11.9. The minimum Gasteiger partial charge on any atom is -0.480 e. The number of carbonyl (C=O) groups excluding carboxylic acids is 1. The van der Waals surface area contributed by atoms with Crippen LogP contribution in [0.15, 0.2) is 36.4 Å². The minimum absolute atomic E-state index is 0.0617. The lowest BCUT2D eigenvalue weighted by Gasteiger charge is -2.16. The Kier molecular flexibility index (Phi) is 3.22. The van der Waals surface area contributed by atoms with Crippen molar-refractivity contribution in [3.8, 4) is 5.75 Å². The van der Waals surface area contributed by atoms with E-state index in [1.165, 1.54) is 0 Å². The van der Waals surface area contributed by atoms with Crippen molar-refractivity contribution in [2.24, 2.45) is 0 Å². The summed E-state index contributed by atoms with van der Waals surface area (Å²) in [5.74, 6) is 0.627. The average Bonchev–Trinajstić information content (AvgIpc) is 3.26. The van der Waals surface area contributed by atoms with E-state index in [-0.39, 0.29) is 5.91 Å². The second kappa shape index (κ2) is 5.04. The summed E-state index contributed by atoms with van der Waals surface area (Å²) in [6.45, 7) is 1.77. The maximum atomic E-state index is 11.9. The van der Waals surface area contributed by atoms with Crippen molar-refractivity contribution in [1.82, 2.24) is 5.32 Å². The van der Waals surface area contributed by atoms with Crippen LogP contribution in [0.5, 0.6) is 5.75 Å². The van der Waals surface area contributed by atoms with Gasteiger partial charge in [0, 0.05) is 22.5 Å². The van der Waals surface area contributed by atoms with Crippen LogP contribution in [0.25, 0.3) is 10.8 Å². The standard InChI is InChI=1S/C16H18N2O2/c1-10(16(19)18-11-6-7-11)20-15-9-8-14(17)12-4-2-3-5-13(12)15/h2-5,8-11H,6-7,17H2,1H3,(H,18,19). The summed E-state index contributed by atoms with van der Waals surface area (Å²) in [7, 11) is 0. The number of nitrogens with one attached hydrogen (secondary N) is 1. The van der Waals surface area contributed by atoms with Crippen LogP contribution in [0.3, 0.4) is 0 Å². The molecular weight excluding hydrogens is 252 g/mol. The molecule has 0 saturated heterocycles. The van der Waals surface area contributed by atoms with E-state index in [1.807, 2.05) is 36.4 Å². The highest BCUT2D eigenvalue weighted by atomic mass is 16.5. The van der Waals surface area contributed by atoms with Crippen molar-refractivity contribution in [3.63, 3.8) is 0 Å². The lowest BCUT2D eigenvalue weighted by atomic mass is 10.1. The van der Waals surface area contributed by atoms with Gasteiger partial charge in [-0.25, -0.2) is 0 Å². The molecule has 1 aliphatic carbocycles. The molecular formula is C16H18N2O2. The van der Waals surface area contributed by atoms with E-state index in [0.717, 1.165) is 23.6 Å². The first kappa shape index (κ1) is 12.8. The van der Waals surface area contributed by atoms with Crippen molar-refractivity contribution in [2.75, 3.05) is 5.73 Å². The first-order valence-electron chi connectivity index (χ1n) is 6.89. The second-order valence-electron chi connectivity index (χ2n) is 5.24. The number of benzene rings is 2. The summed E-state index contributed by atoms with van der Waals surface area (Å²) in [6.07, 6.45) is 1.63. The summed E-state index contributed by atoms with van der Waals surface area (Å²) >= 11 is 0. The van der Waals surface area contributed by atoms with Crippen molar-refractivity contribution in [3.05, 3.63) is 36.4 Å². The van der Waals surface area contributed by atoms with E-state index >= 15 is 0 Å². The molecule has 4 nitrogen and oxygen atoms in total. The third kappa shape index (κ3) is 2.54. The molecule has 1 unspecified atom stereocenters. The lowest BCUT2D eigenvalue weighted by molar-refractivity contribution is -0.127. The third-order valence-corrected chi connectivity index (χ3v) is 3.51. The van der Waals surface area contributed by atoms with Gasteiger partial charge in [-0.05, 0) is 31.9 Å². The highest BCUT2D eigenvalue weighted by Crippen LogP contribution is 2.30. The van der Waals surface area contributed by atoms with Crippen molar-refractivity contribution in [1.29, 1.82) is 0 Å².